The molecule has 2 atom stereocenters. The fourth-order valence-corrected chi connectivity index (χ4v) is 3.63. The number of para-hydroxylation sites is 1. The number of halogens is 3. The van der Waals surface area contributed by atoms with Gasteiger partial charge in [-0.3, -0.25) is 9.79 Å². The summed E-state index contributed by atoms with van der Waals surface area (Å²) in [6.07, 6.45) is 1.63. The molecule has 0 aromatic heterocycles. The number of guanidine groups is 1. The van der Waals surface area contributed by atoms with E-state index in [1.165, 1.54) is 18.2 Å². The van der Waals surface area contributed by atoms with Gasteiger partial charge < -0.3 is 20.9 Å². The first-order valence-corrected chi connectivity index (χ1v) is 11.0. The van der Waals surface area contributed by atoms with E-state index in [0.717, 1.165) is 18.4 Å². The molecule has 0 bridgehead atoms. The molecule has 2 unspecified atom stereocenters. The molecule has 33 heavy (non-hydrogen) atoms. The molecule has 0 radical (unpaired) electrons. The molecule has 0 saturated carbocycles. The standard InChI is InChI=1S/C24H31F2N5O.HI/c1-4-16(2)29-23(32)18-10-8-17(9-11-18)14-28-24(27-3)30-19-12-13-31(15-19)22-20(25)6-5-7-21(22)26;/h5-11,16,19H,4,12-15H2,1-3H3,(H,29,32)(H2,27,28,30);1H. The Morgan fingerprint density at radius 3 is 2.45 bits per heavy atom. The lowest BCUT2D eigenvalue weighted by molar-refractivity contribution is 0.0939. The molecule has 2 aromatic carbocycles. The van der Waals surface area contributed by atoms with Crippen LogP contribution in [0.5, 0.6) is 0 Å². The molecule has 2 aromatic rings. The van der Waals surface area contributed by atoms with Crippen LogP contribution in [0.2, 0.25) is 0 Å². The van der Waals surface area contributed by atoms with Crippen LogP contribution in [0.3, 0.4) is 0 Å². The molecule has 6 nitrogen and oxygen atoms in total. The summed E-state index contributed by atoms with van der Waals surface area (Å²) in [5, 5.41) is 9.52. The minimum atomic E-state index is -0.547. The molecule has 1 aliphatic heterocycles. The second kappa shape index (κ2) is 12.7. The van der Waals surface area contributed by atoms with E-state index in [1.54, 1.807) is 11.9 Å². The van der Waals surface area contributed by atoms with Gasteiger partial charge in [0.15, 0.2) is 5.96 Å². The maximum atomic E-state index is 14.1. The van der Waals surface area contributed by atoms with Gasteiger partial charge in [-0.2, -0.15) is 0 Å². The number of aliphatic imine (C=N–C) groups is 1. The van der Waals surface area contributed by atoms with Crippen LogP contribution in [0.4, 0.5) is 14.5 Å². The summed E-state index contributed by atoms with van der Waals surface area (Å²) < 4.78 is 28.1. The topological polar surface area (TPSA) is 68.8 Å². The van der Waals surface area contributed by atoms with Crippen molar-refractivity contribution in [3.05, 3.63) is 65.2 Å². The van der Waals surface area contributed by atoms with Gasteiger partial charge >= 0.3 is 0 Å². The molecular formula is C24H32F2IN5O. The minimum absolute atomic E-state index is 0. The Morgan fingerprint density at radius 1 is 1.18 bits per heavy atom. The van der Waals surface area contributed by atoms with Crippen LogP contribution in [0.25, 0.3) is 0 Å². The highest BCUT2D eigenvalue weighted by molar-refractivity contribution is 14.0. The van der Waals surface area contributed by atoms with Crippen molar-refractivity contribution in [2.45, 2.75) is 45.3 Å². The zero-order chi connectivity index (χ0) is 23.1. The normalized spacial score (nSPS) is 16.7. The van der Waals surface area contributed by atoms with Gasteiger partial charge in [0, 0.05) is 44.3 Å². The van der Waals surface area contributed by atoms with Crippen LogP contribution in [0.15, 0.2) is 47.5 Å². The Balaban J connectivity index is 0.00000385. The average Bonchev–Trinajstić information content (AvgIpc) is 3.24. The number of amides is 1. The van der Waals surface area contributed by atoms with Gasteiger partial charge in [0.1, 0.15) is 17.3 Å². The molecule has 0 aliphatic carbocycles. The van der Waals surface area contributed by atoms with Crippen molar-refractivity contribution in [2.24, 2.45) is 4.99 Å². The van der Waals surface area contributed by atoms with Crippen LogP contribution in [0.1, 0.15) is 42.6 Å². The van der Waals surface area contributed by atoms with Gasteiger partial charge in [0.05, 0.1) is 0 Å². The summed E-state index contributed by atoms with van der Waals surface area (Å²) in [6.45, 7) is 5.59. The SMILES string of the molecule is CCC(C)NC(=O)c1ccc(CNC(=NC)NC2CCN(c3c(F)cccc3F)C2)cc1.I. The summed E-state index contributed by atoms with van der Waals surface area (Å²) in [6, 6.07) is 11.5. The Hall–Kier alpha value is -2.43. The lowest BCUT2D eigenvalue weighted by Gasteiger charge is -2.21. The molecule has 0 spiro atoms. The molecule has 1 heterocycles. The average molecular weight is 571 g/mol. The van der Waals surface area contributed by atoms with Crippen LogP contribution < -0.4 is 20.9 Å². The van der Waals surface area contributed by atoms with E-state index >= 15 is 0 Å². The predicted octanol–water partition coefficient (Wildman–Crippen LogP) is 4.06. The summed E-state index contributed by atoms with van der Waals surface area (Å²) in [5.41, 5.74) is 1.66. The van der Waals surface area contributed by atoms with Crippen LogP contribution in [0, 0.1) is 11.6 Å². The van der Waals surface area contributed by atoms with E-state index in [1.807, 2.05) is 38.1 Å². The Bertz CT molecular complexity index is 934. The molecule has 1 aliphatic rings. The summed E-state index contributed by atoms with van der Waals surface area (Å²) in [5.74, 6) is -0.554. The van der Waals surface area contributed by atoms with Crippen molar-refractivity contribution in [2.75, 3.05) is 25.0 Å². The smallest absolute Gasteiger partial charge is 0.251 e. The number of carbonyl (C=O) groups excluding carboxylic acids is 1. The number of hydrogen-bond donors (Lipinski definition) is 3. The number of nitrogens with zero attached hydrogens (tertiary/aromatic N) is 2. The number of nitrogens with one attached hydrogen (secondary N) is 3. The molecule has 3 N–H and O–H groups in total. The Kier molecular flexibility index (Phi) is 10.3. The number of rotatable bonds is 7. The highest BCUT2D eigenvalue weighted by Crippen LogP contribution is 2.26. The van der Waals surface area contributed by atoms with E-state index < -0.39 is 11.6 Å². The zero-order valence-corrected chi connectivity index (χ0v) is 21.5. The summed E-state index contributed by atoms with van der Waals surface area (Å²) in [7, 11) is 1.68. The third-order valence-electron chi connectivity index (χ3n) is 5.67. The van der Waals surface area contributed by atoms with E-state index in [2.05, 4.69) is 20.9 Å². The first kappa shape index (κ1) is 26.8. The van der Waals surface area contributed by atoms with Crippen molar-refractivity contribution >= 4 is 41.5 Å². The Morgan fingerprint density at radius 2 is 1.85 bits per heavy atom. The molecule has 9 heteroatoms. The van der Waals surface area contributed by atoms with Crippen molar-refractivity contribution < 1.29 is 13.6 Å². The fraction of sp³-hybridized carbons (Fsp3) is 0.417. The van der Waals surface area contributed by atoms with E-state index in [-0.39, 0.29) is 47.7 Å². The van der Waals surface area contributed by atoms with Crippen LogP contribution in [-0.4, -0.2) is 44.1 Å². The molecule has 1 saturated heterocycles. The second-order valence-corrected chi connectivity index (χ2v) is 8.05. The molecule has 1 fully saturated rings. The molecular weight excluding hydrogens is 539 g/mol. The first-order valence-electron chi connectivity index (χ1n) is 11.0. The van der Waals surface area contributed by atoms with Crippen LogP contribution >= 0.6 is 24.0 Å². The zero-order valence-electron chi connectivity index (χ0n) is 19.2. The molecule has 1 amide bonds. The van der Waals surface area contributed by atoms with Crippen molar-refractivity contribution in [3.63, 3.8) is 0 Å². The highest BCUT2D eigenvalue weighted by Gasteiger charge is 2.27. The van der Waals surface area contributed by atoms with Crippen molar-refractivity contribution in [1.29, 1.82) is 0 Å². The Labute approximate surface area is 211 Å². The van der Waals surface area contributed by atoms with Crippen molar-refractivity contribution in [1.82, 2.24) is 16.0 Å². The molecule has 3 rings (SSSR count). The van der Waals surface area contributed by atoms with Gasteiger partial charge in [0.25, 0.3) is 5.91 Å². The largest absolute Gasteiger partial charge is 0.365 e. The predicted molar refractivity (Wildman–Crippen MR) is 139 cm³/mol. The van der Waals surface area contributed by atoms with Gasteiger partial charge in [-0.25, -0.2) is 8.78 Å². The van der Waals surface area contributed by atoms with Crippen molar-refractivity contribution in [3.8, 4) is 0 Å². The van der Waals surface area contributed by atoms with Crippen LogP contribution in [-0.2, 0) is 6.54 Å². The lowest BCUT2D eigenvalue weighted by atomic mass is 10.1. The summed E-state index contributed by atoms with van der Waals surface area (Å²) >= 11 is 0. The number of benzene rings is 2. The number of carbonyl (C=O) groups is 1. The minimum Gasteiger partial charge on any atom is -0.365 e. The van der Waals surface area contributed by atoms with E-state index in [4.69, 9.17) is 0 Å². The van der Waals surface area contributed by atoms with Gasteiger partial charge in [-0.15, -0.1) is 24.0 Å². The van der Waals surface area contributed by atoms with Gasteiger partial charge in [-0.1, -0.05) is 25.1 Å². The first-order chi connectivity index (χ1) is 15.4. The number of anilines is 1. The summed E-state index contributed by atoms with van der Waals surface area (Å²) in [4.78, 5) is 18.2. The third kappa shape index (κ3) is 7.28. The quantitative estimate of drug-likeness (QED) is 0.267. The van der Waals surface area contributed by atoms with Gasteiger partial charge in [-0.05, 0) is 49.6 Å². The second-order valence-electron chi connectivity index (χ2n) is 8.05. The van der Waals surface area contributed by atoms with E-state index in [0.29, 0.717) is 31.2 Å². The maximum Gasteiger partial charge on any atom is 0.251 e. The number of hydrogen-bond acceptors (Lipinski definition) is 3. The third-order valence-corrected chi connectivity index (χ3v) is 5.67. The highest BCUT2D eigenvalue weighted by atomic mass is 127. The lowest BCUT2D eigenvalue weighted by Crippen LogP contribution is -2.44. The monoisotopic (exact) mass is 571 g/mol. The van der Waals surface area contributed by atoms with E-state index in [9.17, 15) is 13.6 Å². The van der Waals surface area contributed by atoms with Gasteiger partial charge in [0.2, 0.25) is 0 Å². The maximum absolute atomic E-state index is 14.1. The molecule has 180 valence electrons. The fourth-order valence-electron chi connectivity index (χ4n) is 3.63.